The van der Waals surface area contributed by atoms with E-state index in [0.29, 0.717) is 37.9 Å². The Morgan fingerprint density at radius 3 is 2.87 bits per heavy atom. The molecule has 1 spiro atoms. The summed E-state index contributed by atoms with van der Waals surface area (Å²) in [6.45, 7) is 4.53. The lowest BCUT2D eigenvalue weighted by Gasteiger charge is -2.40. The van der Waals surface area contributed by atoms with Gasteiger partial charge in [-0.2, -0.15) is 0 Å². The molecule has 3 amide bonds. The van der Waals surface area contributed by atoms with Gasteiger partial charge in [-0.15, -0.1) is 0 Å². The highest BCUT2D eigenvalue weighted by Gasteiger charge is 2.41. The summed E-state index contributed by atoms with van der Waals surface area (Å²) < 4.78 is 5.27. The van der Waals surface area contributed by atoms with Crippen LogP contribution >= 0.6 is 0 Å². The Balaban J connectivity index is 1.40. The molecule has 164 valence electrons. The fourth-order valence-corrected chi connectivity index (χ4v) is 4.27. The highest BCUT2D eigenvalue weighted by molar-refractivity contribution is 6.02. The molecule has 31 heavy (non-hydrogen) atoms. The molecule has 0 unspecified atom stereocenters. The summed E-state index contributed by atoms with van der Waals surface area (Å²) in [6.07, 6.45) is 3.43. The van der Waals surface area contributed by atoms with E-state index in [9.17, 15) is 14.4 Å². The van der Waals surface area contributed by atoms with Crippen LogP contribution in [0.15, 0.2) is 41.0 Å². The smallest absolute Gasteiger partial charge is 0.255 e. The number of amides is 3. The maximum atomic E-state index is 12.8. The van der Waals surface area contributed by atoms with Gasteiger partial charge in [-0.3, -0.25) is 14.4 Å². The van der Waals surface area contributed by atoms with Crippen LogP contribution in [0.3, 0.4) is 0 Å². The maximum Gasteiger partial charge on any atom is 0.255 e. The molecule has 1 aromatic carbocycles. The van der Waals surface area contributed by atoms with Crippen molar-refractivity contribution >= 4 is 23.4 Å². The van der Waals surface area contributed by atoms with Gasteiger partial charge in [0.15, 0.2) is 0 Å². The van der Waals surface area contributed by atoms with Crippen LogP contribution in [0.2, 0.25) is 0 Å². The van der Waals surface area contributed by atoms with Gasteiger partial charge < -0.3 is 25.3 Å². The summed E-state index contributed by atoms with van der Waals surface area (Å²) in [5.74, 6) is 0.378. The van der Waals surface area contributed by atoms with Crippen LogP contribution in [0.25, 0.3) is 0 Å². The van der Waals surface area contributed by atoms with Gasteiger partial charge in [0.2, 0.25) is 11.8 Å². The summed E-state index contributed by atoms with van der Waals surface area (Å²) in [7, 11) is 0. The third kappa shape index (κ3) is 4.42. The molecular formula is C23H28N4O4. The summed E-state index contributed by atoms with van der Waals surface area (Å²) in [4.78, 5) is 39.7. The Kier molecular flexibility index (Phi) is 5.71. The molecule has 0 bridgehead atoms. The predicted octanol–water partition coefficient (Wildman–Crippen LogP) is 2.20. The van der Waals surface area contributed by atoms with Crippen molar-refractivity contribution in [2.75, 3.05) is 18.4 Å². The molecule has 3 heterocycles. The van der Waals surface area contributed by atoms with Gasteiger partial charge >= 0.3 is 0 Å². The lowest BCUT2D eigenvalue weighted by atomic mass is 9.94. The van der Waals surface area contributed by atoms with Crippen LogP contribution in [0.4, 0.5) is 5.69 Å². The fraction of sp³-hybridized carbons (Fsp3) is 0.435. The van der Waals surface area contributed by atoms with Crippen LogP contribution in [0.1, 0.15) is 47.9 Å². The number of carbonyl (C=O) groups excluding carboxylic acids is 3. The number of nitrogens with zero attached hydrogens (tertiary/aromatic N) is 1. The first-order valence-corrected chi connectivity index (χ1v) is 10.7. The lowest BCUT2D eigenvalue weighted by molar-refractivity contribution is -0.139. The minimum Gasteiger partial charge on any atom is -0.469 e. The van der Waals surface area contributed by atoms with Crippen molar-refractivity contribution in [1.82, 2.24) is 15.5 Å². The Labute approximate surface area is 181 Å². The first-order valence-electron chi connectivity index (χ1n) is 10.7. The molecule has 1 saturated heterocycles. The zero-order chi connectivity index (χ0) is 22.0. The van der Waals surface area contributed by atoms with Crippen LogP contribution in [-0.2, 0) is 16.0 Å². The summed E-state index contributed by atoms with van der Waals surface area (Å²) >= 11 is 0. The molecule has 4 rings (SSSR count). The van der Waals surface area contributed by atoms with Crippen molar-refractivity contribution in [3.63, 3.8) is 0 Å². The predicted molar refractivity (Wildman–Crippen MR) is 115 cm³/mol. The molecule has 2 aliphatic heterocycles. The fourth-order valence-electron chi connectivity index (χ4n) is 4.27. The first-order chi connectivity index (χ1) is 14.9. The highest BCUT2D eigenvalue weighted by Crippen LogP contribution is 2.32. The topological polar surface area (TPSA) is 104 Å². The minimum absolute atomic E-state index is 0.0864. The van der Waals surface area contributed by atoms with Crippen molar-refractivity contribution in [2.24, 2.45) is 0 Å². The van der Waals surface area contributed by atoms with Gasteiger partial charge in [0.1, 0.15) is 17.5 Å². The zero-order valence-corrected chi connectivity index (χ0v) is 17.9. The Morgan fingerprint density at radius 1 is 1.26 bits per heavy atom. The Hall–Kier alpha value is -3.29. The van der Waals surface area contributed by atoms with E-state index >= 15 is 0 Å². The molecule has 1 aromatic heterocycles. The number of hydrogen-bond donors (Lipinski definition) is 3. The molecule has 0 radical (unpaired) electrons. The van der Waals surface area contributed by atoms with E-state index in [0.717, 1.165) is 17.0 Å². The van der Waals surface area contributed by atoms with Gasteiger partial charge in [-0.1, -0.05) is 6.07 Å². The molecule has 2 aromatic rings. The van der Waals surface area contributed by atoms with Crippen molar-refractivity contribution in [2.45, 2.75) is 51.2 Å². The molecule has 2 atom stereocenters. The molecular weight excluding hydrogens is 396 g/mol. The molecule has 2 aliphatic rings. The zero-order valence-electron chi connectivity index (χ0n) is 17.9. The molecule has 8 nitrogen and oxygen atoms in total. The van der Waals surface area contributed by atoms with E-state index in [1.807, 2.05) is 37.3 Å². The average molecular weight is 425 g/mol. The second-order valence-corrected chi connectivity index (χ2v) is 8.34. The molecule has 3 N–H and O–H groups in total. The SMILES string of the molecule is Cc1ccc2c(c1)N[C@@]1(CCC(=O)N([C@H](C)C(=O)NCCc3ccco3)CC1)NC2=O. The standard InChI is InChI=1S/C23H28N4O4/c1-15-5-6-18-19(14-15)25-23(26-22(18)30)9-7-20(28)27(12-10-23)16(2)21(29)24-11-8-17-4-3-13-31-17/h3-6,13-14,16,25H,7-12H2,1-2H3,(H,24,29)(H,26,30)/t16-,23+/m1/s1. The number of hydrogen-bond acceptors (Lipinski definition) is 5. The van der Waals surface area contributed by atoms with Crippen LogP contribution in [0, 0.1) is 6.92 Å². The van der Waals surface area contributed by atoms with E-state index < -0.39 is 11.7 Å². The van der Waals surface area contributed by atoms with Crippen molar-refractivity contribution in [1.29, 1.82) is 0 Å². The number of carbonyl (C=O) groups is 3. The second-order valence-electron chi connectivity index (χ2n) is 8.34. The first kappa shape index (κ1) is 21.0. The van der Waals surface area contributed by atoms with E-state index in [4.69, 9.17) is 4.42 Å². The molecule has 1 fully saturated rings. The monoisotopic (exact) mass is 424 g/mol. The molecule has 8 heteroatoms. The number of rotatable bonds is 5. The van der Waals surface area contributed by atoms with E-state index in [1.54, 1.807) is 18.1 Å². The summed E-state index contributed by atoms with van der Waals surface area (Å²) in [5, 5.41) is 9.41. The number of nitrogens with one attached hydrogen (secondary N) is 3. The van der Waals surface area contributed by atoms with E-state index in [1.165, 1.54) is 0 Å². The number of aryl methyl sites for hydroxylation is 1. The van der Waals surface area contributed by atoms with Crippen molar-refractivity contribution in [3.05, 3.63) is 53.5 Å². The number of benzene rings is 1. The number of anilines is 1. The van der Waals surface area contributed by atoms with Crippen molar-refractivity contribution in [3.8, 4) is 0 Å². The Morgan fingerprint density at radius 2 is 2.10 bits per heavy atom. The average Bonchev–Trinajstić information content (AvgIpc) is 3.20. The van der Waals surface area contributed by atoms with Crippen LogP contribution in [-0.4, -0.2) is 47.4 Å². The van der Waals surface area contributed by atoms with E-state index in [2.05, 4.69) is 16.0 Å². The normalized spacial score (nSPS) is 21.7. The number of fused-ring (bicyclic) bond motifs is 1. The maximum absolute atomic E-state index is 12.8. The summed E-state index contributed by atoms with van der Waals surface area (Å²) in [6, 6.07) is 8.75. The second kappa shape index (κ2) is 8.45. The number of likely N-dealkylation sites (tertiary alicyclic amines) is 1. The van der Waals surface area contributed by atoms with Gasteiger partial charge in [-0.05, 0) is 50.1 Å². The van der Waals surface area contributed by atoms with Gasteiger partial charge in [-0.25, -0.2) is 0 Å². The third-order valence-corrected chi connectivity index (χ3v) is 6.11. The van der Waals surface area contributed by atoms with Crippen LogP contribution < -0.4 is 16.0 Å². The lowest BCUT2D eigenvalue weighted by Crippen LogP contribution is -2.58. The third-order valence-electron chi connectivity index (χ3n) is 6.11. The largest absolute Gasteiger partial charge is 0.469 e. The van der Waals surface area contributed by atoms with Crippen LogP contribution in [0.5, 0.6) is 0 Å². The van der Waals surface area contributed by atoms with Crippen molar-refractivity contribution < 1.29 is 18.8 Å². The minimum atomic E-state index is -0.697. The highest BCUT2D eigenvalue weighted by atomic mass is 16.3. The summed E-state index contributed by atoms with van der Waals surface area (Å²) in [5.41, 5.74) is 1.75. The molecule has 0 saturated carbocycles. The number of furan rings is 1. The van der Waals surface area contributed by atoms with E-state index in [-0.39, 0.29) is 24.1 Å². The molecule has 0 aliphatic carbocycles. The Bertz CT molecular complexity index is 987. The van der Waals surface area contributed by atoms with Gasteiger partial charge in [0, 0.05) is 38.0 Å². The van der Waals surface area contributed by atoms with Gasteiger partial charge in [0.05, 0.1) is 11.8 Å². The van der Waals surface area contributed by atoms with Gasteiger partial charge in [0.25, 0.3) is 5.91 Å². The quantitative estimate of drug-likeness (QED) is 0.683.